The first-order chi connectivity index (χ1) is 14.0. The number of nitriles is 1. The second-order valence-electron chi connectivity index (χ2n) is 6.14. The molecule has 6 heteroatoms. The molecule has 0 spiro atoms. The Labute approximate surface area is 196 Å². The van der Waals surface area contributed by atoms with Crippen LogP contribution in [0.15, 0.2) is 66.7 Å². The molecule has 0 amide bonds. The summed E-state index contributed by atoms with van der Waals surface area (Å²) in [5.41, 5.74) is 3.30. The van der Waals surface area contributed by atoms with Crippen molar-refractivity contribution >= 4 is 62.8 Å². The minimum atomic E-state index is -0.991. The number of carboxylic acids is 1. The Morgan fingerprint density at radius 1 is 1.00 bits per heavy atom. The largest absolute Gasteiger partial charge is 0.487 e. The number of carbonyl (C=O) groups is 1. The van der Waals surface area contributed by atoms with Crippen LogP contribution in [0.25, 0.3) is 11.6 Å². The Bertz CT molecular complexity index is 1080. The number of rotatable bonds is 6. The van der Waals surface area contributed by atoms with E-state index in [9.17, 15) is 10.1 Å². The predicted molar refractivity (Wildman–Crippen MR) is 130 cm³/mol. The van der Waals surface area contributed by atoms with Gasteiger partial charge in [0.2, 0.25) is 0 Å². The van der Waals surface area contributed by atoms with Gasteiger partial charge in [-0.15, -0.1) is 0 Å². The Balaban J connectivity index is 1.84. The number of carboxylic acid groups (broad SMARTS) is 1. The molecule has 0 aliphatic heterocycles. The average Bonchev–Trinajstić information content (AvgIpc) is 2.72. The molecule has 0 saturated carbocycles. The summed E-state index contributed by atoms with van der Waals surface area (Å²) in [7, 11) is 0. The van der Waals surface area contributed by atoms with Crippen molar-refractivity contribution in [3.63, 3.8) is 0 Å². The van der Waals surface area contributed by atoms with Crippen molar-refractivity contribution < 1.29 is 14.6 Å². The Morgan fingerprint density at radius 2 is 1.59 bits per heavy atom. The van der Waals surface area contributed by atoms with Crippen LogP contribution >= 0.6 is 45.2 Å². The van der Waals surface area contributed by atoms with Crippen molar-refractivity contribution in [2.75, 3.05) is 0 Å². The van der Waals surface area contributed by atoms with Gasteiger partial charge < -0.3 is 9.84 Å². The number of hydrogen-bond acceptors (Lipinski definition) is 3. The van der Waals surface area contributed by atoms with Crippen LogP contribution in [0.4, 0.5) is 0 Å². The highest BCUT2D eigenvalue weighted by Gasteiger charge is 2.10. The van der Waals surface area contributed by atoms with Gasteiger partial charge in [-0.2, -0.15) is 5.26 Å². The summed E-state index contributed by atoms with van der Waals surface area (Å²) in [5, 5.41) is 18.6. The molecule has 0 aliphatic carbocycles. The molecule has 144 valence electrons. The van der Waals surface area contributed by atoms with E-state index in [1.165, 1.54) is 12.1 Å². The molecule has 3 rings (SSSR count). The minimum absolute atomic E-state index is 0.190. The lowest BCUT2D eigenvalue weighted by atomic mass is 10.0. The van der Waals surface area contributed by atoms with Gasteiger partial charge in [-0.1, -0.05) is 42.5 Å². The van der Waals surface area contributed by atoms with E-state index in [0.717, 1.165) is 24.0 Å². The van der Waals surface area contributed by atoms with E-state index in [0.29, 0.717) is 17.7 Å². The zero-order chi connectivity index (χ0) is 20.8. The van der Waals surface area contributed by atoms with Gasteiger partial charge >= 0.3 is 5.97 Å². The van der Waals surface area contributed by atoms with E-state index in [-0.39, 0.29) is 5.56 Å². The molecule has 4 nitrogen and oxygen atoms in total. The van der Waals surface area contributed by atoms with Gasteiger partial charge in [0.1, 0.15) is 12.4 Å². The van der Waals surface area contributed by atoms with Crippen LogP contribution in [0.2, 0.25) is 0 Å². The molecule has 0 fully saturated rings. The van der Waals surface area contributed by atoms with Gasteiger partial charge in [0, 0.05) is 0 Å². The SMILES string of the molecule is N#C/C(=C/c1cc(I)c(OCc2ccccc2)c(I)c1)c1ccc(C(=O)O)cc1. The summed E-state index contributed by atoms with van der Waals surface area (Å²) in [6, 6.07) is 22.4. The molecule has 0 aromatic heterocycles. The van der Waals surface area contributed by atoms with E-state index >= 15 is 0 Å². The molecular weight excluding hydrogens is 592 g/mol. The maximum absolute atomic E-state index is 11.0. The number of halogens is 2. The van der Waals surface area contributed by atoms with Crippen LogP contribution in [-0.2, 0) is 6.61 Å². The van der Waals surface area contributed by atoms with Crippen molar-refractivity contribution in [1.82, 2.24) is 0 Å². The summed E-state index contributed by atoms with van der Waals surface area (Å²) in [4.78, 5) is 11.0. The summed E-state index contributed by atoms with van der Waals surface area (Å²) >= 11 is 4.46. The molecule has 0 heterocycles. The maximum atomic E-state index is 11.0. The highest BCUT2D eigenvalue weighted by Crippen LogP contribution is 2.31. The van der Waals surface area contributed by atoms with E-state index in [1.54, 1.807) is 18.2 Å². The van der Waals surface area contributed by atoms with Crippen molar-refractivity contribution in [2.24, 2.45) is 0 Å². The summed E-state index contributed by atoms with van der Waals surface area (Å²) in [6.07, 6.45) is 1.79. The van der Waals surface area contributed by atoms with E-state index < -0.39 is 5.97 Å². The summed E-state index contributed by atoms with van der Waals surface area (Å²) in [6.45, 7) is 0.488. The molecule has 3 aromatic carbocycles. The third kappa shape index (κ3) is 5.58. The molecule has 0 radical (unpaired) electrons. The molecule has 3 aromatic rings. The molecule has 1 N–H and O–H groups in total. The predicted octanol–water partition coefficient (Wildman–Crippen LogP) is 6.24. The van der Waals surface area contributed by atoms with Crippen molar-refractivity contribution in [3.8, 4) is 11.8 Å². The van der Waals surface area contributed by atoms with E-state index in [4.69, 9.17) is 9.84 Å². The second-order valence-corrected chi connectivity index (χ2v) is 8.46. The first-order valence-corrected chi connectivity index (χ1v) is 10.7. The quantitative estimate of drug-likeness (QED) is 0.205. The lowest BCUT2D eigenvalue weighted by molar-refractivity contribution is 0.0697. The number of hydrogen-bond donors (Lipinski definition) is 1. The summed E-state index contributed by atoms with van der Waals surface area (Å²) in [5.74, 6) is -0.175. The molecular formula is C23H15I2NO3. The van der Waals surface area contributed by atoms with Crippen LogP contribution in [-0.4, -0.2) is 11.1 Å². The first-order valence-electron chi connectivity index (χ1n) is 8.59. The van der Waals surface area contributed by atoms with Crippen molar-refractivity contribution in [1.29, 1.82) is 5.26 Å². The van der Waals surface area contributed by atoms with Crippen LogP contribution in [0, 0.1) is 18.5 Å². The number of aromatic carboxylic acids is 1. The molecule has 0 bridgehead atoms. The van der Waals surface area contributed by atoms with Gasteiger partial charge in [0.05, 0.1) is 24.3 Å². The summed E-state index contributed by atoms with van der Waals surface area (Å²) < 4.78 is 7.91. The standard InChI is InChI=1S/C23H15I2NO3/c24-20-11-16(10-19(13-26)17-6-8-18(9-7-17)23(27)28)12-21(25)22(20)29-14-15-4-2-1-3-5-15/h1-12H,14H2,(H,27,28)/b19-10-. The zero-order valence-electron chi connectivity index (χ0n) is 15.1. The highest BCUT2D eigenvalue weighted by molar-refractivity contribution is 14.1. The number of nitrogens with zero attached hydrogens (tertiary/aromatic N) is 1. The van der Waals surface area contributed by atoms with Crippen LogP contribution in [0.3, 0.4) is 0 Å². The number of ether oxygens (including phenoxy) is 1. The topological polar surface area (TPSA) is 70.3 Å². The third-order valence-corrected chi connectivity index (χ3v) is 5.72. The van der Waals surface area contributed by atoms with Gasteiger partial charge in [-0.25, -0.2) is 4.79 Å². The number of benzene rings is 3. The minimum Gasteiger partial charge on any atom is -0.487 e. The highest BCUT2D eigenvalue weighted by atomic mass is 127. The van der Waals surface area contributed by atoms with Crippen molar-refractivity contribution in [3.05, 3.63) is 96.1 Å². The third-order valence-electron chi connectivity index (χ3n) is 4.12. The monoisotopic (exact) mass is 607 g/mol. The zero-order valence-corrected chi connectivity index (χ0v) is 19.4. The van der Waals surface area contributed by atoms with Crippen LogP contribution in [0.5, 0.6) is 5.75 Å². The first kappa shape index (κ1) is 21.3. The molecule has 29 heavy (non-hydrogen) atoms. The van der Waals surface area contributed by atoms with Crippen molar-refractivity contribution in [2.45, 2.75) is 6.61 Å². The molecule has 0 atom stereocenters. The lowest BCUT2D eigenvalue weighted by Gasteiger charge is -2.12. The van der Waals surface area contributed by atoms with Crippen LogP contribution in [0.1, 0.15) is 27.0 Å². The fraction of sp³-hybridized carbons (Fsp3) is 0.0435. The fourth-order valence-electron chi connectivity index (χ4n) is 2.67. The van der Waals surface area contributed by atoms with Gasteiger partial charge in [0.15, 0.2) is 0 Å². The second kappa shape index (κ2) is 9.89. The Morgan fingerprint density at radius 3 is 2.14 bits per heavy atom. The average molecular weight is 607 g/mol. The smallest absolute Gasteiger partial charge is 0.335 e. The van der Waals surface area contributed by atoms with Gasteiger partial charge in [0.25, 0.3) is 0 Å². The Kier molecular flexibility index (Phi) is 7.28. The normalized spacial score (nSPS) is 11.0. The van der Waals surface area contributed by atoms with Gasteiger partial charge in [-0.3, -0.25) is 0 Å². The molecule has 0 unspecified atom stereocenters. The maximum Gasteiger partial charge on any atom is 0.335 e. The van der Waals surface area contributed by atoms with E-state index in [2.05, 4.69) is 51.3 Å². The lowest BCUT2D eigenvalue weighted by Crippen LogP contribution is -1.99. The molecule has 0 saturated heterocycles. The van der Waals surface area contributed by atoms with Crippen LogP contribution < -0.4 is 4.74 Å². The van der Waals surface area contributed by atoms with Gasteiger partial charge in [-0.05, 0) is 92.2 Å². The fourth-order valence-corrected chi connectivity index (χ4v) is 4.80. The molecule has 0 aliphatic rings. The van der Waals surface area contributed by atoms with E-state index in [1.807, 2.05) is 42.5 Å². The Hall–Kier alpha value is -2.38. The number of allylic oxidation sites excluding steroid dienone is 1.